The zero-order valence-electron chi connectivity index (χ0n) is 21.2. The maximum atomic E-state index is 11.8. The van der Waals surface area contributed by atoms with Gasteiger partial charge in [-0.25, -0.2) is 0 Å². The van der Waals surface area contributed by atoms with Crippen molar-refractivity contribution in [2.75, 3.05) is 27.2 Å². The minimum absolute atomic E-state index is 0.0715. The largest absolute Gasteiger partial charge is 0.374 e. The van der Waals surface area contributed by atoms with Crippen molar-refractivity contribution in [3.63, 3.8) is 0 Å². The monoisotopic (exact) mass is 503 g/mol. The molecule has 2 atom stereocenters. The molecule has 0 saturated carbocycles. The highest BCUT2D eigenvalue weighted by molar-refractivity contribution is 7.99. The summed E-state index contributed by atoms with van der Waals surface area (Å²) < 4.78 is 1.91. The second-order valence-corrected chi connectivity index (χ2v) is 10.5. The minimum atomic E-state index is -0.0715. The van der Waals surface area contributed by atoms with Crippen LogP contribution in [0.5, 0.6) is 0 Å². The lowest BCUT2D eigenvalue weighted by Gasteiger charge is -2.31. The molecule has 1 saturated heterocycles. The number of fused-ring (bicyclic) bond motifs is 2. The van der Waals surface area contributed by atoms with Gasteiger partial charge in [0.25, 0.3) is 5.91 Å². The van der Waals surface area contributed by atoms with E-state index >= 15 is 0 Å². The molecule has 188 valence electrons. The third-order valence-electron chi connectivity index (χ3n) is 7.18. The van der Waals surface area contributed by atoms with E-state index in [0.29, 0.717) is 17.7 Å². The van der Waals surface area contributed by atoms with Gasteiger partial charge in [0.15, 0.2) is 0 Å². The van der Waals surface area contributed by atoms with Gasteiger partial charge in [-0.05, 0) is 50.1 Å². The van der Waals surface area contributed by atoms with E-state index < -0.39 is 0 Å². The summed E-state index contributed by atoms with van der Waals surface area (Å²) >= 11 is 1.65. The number of nitrogens with one attached hydrogen (secondary N) is 2. The van der Waals surface area contributed by atoms with Gasteiger partial charge in [-0.15, -0.1) is 0 Å². The van der Waals surface area contributed by atoms with Gasteiger partial charge in [0.05, 0.1) is 23.7 Å². The second-order valence-electron chi connectivity index (χ2n) is 9.36. The SMILES string of the molecule is CN1N=CC2C(N3CCCC3)=CC=CC21.CNC(=O)c1cc(Sc2ccc3[nH]ncc3c2)c(C)n1C. The molecule has 2 aromatic heterocycles. The molecule has 0 spiro atoms. The van der Waals surface area contributed by atoms with Gasteiger partial charge in [0.1, 0.15) is 5.69 Å². The summed E-state index contributed by atoms with van der Waals surface area (Å²) in [4.78, 5) is 16.6. The number of aromatic nitrogens is 3. The minimum Gasteiger partial charge on any atom is -0.374 e. The highest BCUT2D eigenvalue weighted by Gasteiger charge is 2.34. The molecular formula is C27H33N7OS. The Morgan fingerprint density at radius 2 is 2.00 bits per heavy atom. The van der Waals surface area contributed by atoms with E-state index in [0.717, 1.165) is 26.4 Å². The predicted octanol–water partition coefficient (Wildman–Crippen LogP) is 4.17. The summed E-state index contributed by atoms with van der Waals surface area (Å²) in [6.45, 7) is 4.46. The number of benzene rings is 1. The first-order chi connectivity index (χ1) is 17.5. The van der Waals surface area contributed by atoms with Crippen LogP contribution in [-0.4, -0.2) is 70.0 Å². The topological polar surface area (TPSA) is 81.6 Å². The third kappa shape index (κ3) is 4.67. The molecule has 0 bridgehead atoms. The Morgan fingerprint density at radius 3 is 2.78 bits per heavy atom. The van der Waals surface area contributed by atoms with Crippen LogP contribution in [0.15, 0.2) is 69.3 Å². The molecule has 2 unspecified atom stereocenters. The first kappa shape index (κ1) is 24.2. The van der Waals surface area contributed by atoms with Gasteiger partial charge in [-0.2, -0.15) is 10.2 Å². The molecule has 1 amide bonds. The lowest BCUT2D eigenvalue weighted by Crippen LogP contribution is -2.35. The van der Waals surface area contributed by atoms with Crippen LogP contribution in [-0.2, 0) is 7.05 Å². The number of aromatic amines is 1. The van der Waals surface area contributed by atoms with Gasteiger partial charge in [0.2, 0.25) is 0 Å². The molecule has 9 heteroatoms. The molecule has 3 aliphatic rings. The molecular weight excluding hydrogens is 470 g/mol. The number of nitrogens with zero attached hydrogens (tertiary/aromatic N) is 5. The molecule has 2 N–H and O–H groups in total. The molecule has 1 fully saturated rings. The highest BCUT2D eigenvalue weighted by atomic mass is 32.2. The van der Waals surface area contributed by atoms with Crippen molar-refractivity contribution in [2.45, 2.75) is 35.6 Å². The Bertz CT molecular complexity index is 1350. The molecule has 36 heavy (non-hydrogen) atoms. The van der Waals surface area contributed by atoms with E-state index in [2.05, 4.69) is 74.1 Å². The van der Waals surface area contributed by atoms with Crippen molar-refractivity contribution in [1.29, 1.82) is 0 Å². The van der Waals surface area contributed by atoms with E-state index in [4.69, 9.17) is 0 Å². The lowest BCUT2D eigenvalue weighted by molar-refractivity contribution is 0.0955. The molecule has 8 nitrogen and oxygen atoms in total. The van der Waals surface area contributed by atoms with Gasteiger partial charge in [-0.3, -0.25) is 14.9 Å². The molecule has 6 rings (SSSR count). The van der Waals surface area contributed by atoms with E-state index in [1.54, 1.807) is 18.8 Å². The Hall–Kier alpha value is -3.46. The summed E-state index contributed by atoms with van der Waals surface area (Å²) in [5.74, 6) is 0.413. The molecule has 1 aliphatic carbocycles. The Labute approximate surface area is 216 Å². The maximum absolute atomic E-state index is 11.8. The number of carbonyl (C=O) groups excluding carboxylic acids is 1. The summed E-state index contributed by atoms with van der Waals surface area (Å²) in [5.41, 5.74) is 4.23. The molecule has 4 heterocycles. The number of rotatable bonds is 4. The number of hydrogen-bond acceptors (Lipinski definition) is 6. The van der Waals surface area contributed by atoms with Crippen LogP contribution < -0.4 is 5.32 Å². The van der Waals surface area contributed by atoms with Crippen molar-refractivity contribution in [1.82, 2.24) is 30.0 Å². The average Bonchev–Trinajstić information content (AvgIpc) is 3.70. The lowest BCUT2D eigenvalue weighted by atomic mass is 9.93. The number of likely N-dealkylation sites (tertiary alicyclic amines) is 1. The van der Waals surface area contributed by atoms with Crippen LogP contribution in [0, 0.1) is 12.8 Å². The van der Waals surface area contributed by atoms with E-state index in [1.807, 2.05) is 36.9 Å². The zero-order chi connectivity index (χ0) is 25.2. The first-order valence-corrected chi connectivity index (χ1v) is 13.2. The Balaban J connectivity index is 0.000000156. The van der Waals surface area contributed by atoms with Crippen molar-refractivity contribution < 1.29 is 4.79 Å². The number of carbonyl (C=O) groups is 1. The summed E-state index contributed by atoms with van der Waals surface area (Å²) in [5, 5.41) is 17.2. The number of allylic oxidation sites excluding steroid dienone is 2. The Kier molecular flexibility index (Phi) is 6.91. The van der Waals surface area contributed by atoms with Crippen LogP contribution in [0.25, 0.3) is 10.9 Å². The zero-order valence-corrected chi connectivity index (χ0v) is 22.0. The number of hydrogen-bond donors (Lipinski definition) is 2. The van der Waals surface area contributed by atoms with Crippen molar-refractivity contribution in [2.24, 2.45) is 18.1 Å². The summed E-state index contributed by atoms with van der Waals surface area (Å²) in [6, 6.07) is 8.54. The fraction of sp³-hybridized carbons (Fsp3) is 0.370. The molecule has 3 aromatic rings. The van der Waals surface area contributed by atoms with Crippen LogP contribution in [0.1, 0.15) is 29.0 Å². The smallest absolute Gasteiger partial charge is 0.267 e. The standard InChI is InChI=1S/C15H16N4OS.C12H17N3/c1-9-14(7-13(19(9)3)15(20)16-2)21-11-4-5-12-10(6-11)8-17-18-12;1-14-11-5-4-6-12(10(11)9-13-14)15-7-2-3-8-15/h4-8H,1-3H3,(H,16,20)(H,17,18);4-6,9-11H,2-3,7-8H2,1H3. The van der Waals surface area contributed by atoms with Crippen molar-refractivity contribution in [3.8, 4) is 0 Å². The first-order valence-electron chi connectivity index (χ1n) is 12.4. The average molecular weight is 504 g/mol. The van der Waals surface area contributed by atoms with Crippen LogP contribution >= 0.6 is 11.8 Å². The molecule has 1 aromatic carbocycles. The third-order valence-corrected chi connectivity index (χ3v) is 8.31. The van der Waals surface area contributed by atoms with E-state index in [1.165, 1.54) is 31.6 Å². The normalized spacial score (nSPS) is 20.4. The maximum Gasteiger partial charge on any atom is 0.267 e. The summed E-state index contributed by atoms with van der Waals surface area (Å²) in [7, 11) is 5.60. The fourth-order valence-corrected chi connectivity index (χ4v) is 6.00. The van der Waals surface area contributed by atoms with Crippen LogP contribution in [0.3, 0.4) is 0 Å². The summed E-state index contributed by atoms with van der Waals surface area (Å²) in [6.07, 6.45) is 13.3. The molecule has 2 aliphatic heterocycles. The quantitative estimate of drug-likeness (QED) is 0.559. The van der Waals surface area contributed by atoms with Crippen molar-refractivity contribution >= 4 is 34.8 Å². The highest BCUT2D eigenvalue weighted by Crippen LogP contribution is 2.34. The number of H-pyrrole nitrogens is 1. The van der Waals surface area contributed by atoms with E-state index in [-0.39, 0.29) is 5.91 Å². The van der Waals surface area contributed by atoms with Gasteiger partial charge >= 0.3 is 0 Å². The Morgan fingerprint density at radius 1 is 1.19 bits per heavy atom. The molecule has 0 radical (unpaired) electrons. The fourth-order valence-electron chi connectivity index (χ4n) is 4.97. The number of likely N-dealkylation sites (N-methyl/N-ethyl adjacent to an activating group) is 1. The van der Waals surface area contributed by atoms with E-state index in [9.17, 15) is 4.79 Å². The van der Waals surface area contributed by atoms with Gasteiger partial charge < -0.3 is 14.8 Å². The van der Waals surface area contributed by atoms with Gasteiger partial charge in [0, 0.05) is 67.0 Å². The van der Waals surface area contributed by atoms with Crippen molar-refractivity contribution in [3.05, 3.63) is 65.8 Å². The predicted molar refractivity (Wildman–Crippen MR) is 145 cm³/mol. The van der Waals surface area contributed by atoms with Crippen LogP contribution in [0.4, 0.5) is 0 Å². The van der Waals surface area contributed by atoms with Crippen LogP contribution in [0.2, 0.25) is 0 Å². The number of hydrazone groups is 1. The second kappa shape index (κ2) is 10.3. The van der Waals surface area contributed by atoms with Gasteiger partial charge in [-0.1, -0.05) is 23.9 Å². The number of amides is 1.